The van der Waals surface area contributed by atoms with E-state index >= 15 is 0 Å². The molecule has 0 aromatic heterocycles. The second kappa shape index (κ2) is 18.5. The summed E-state index contributed by atoms with van der Waals surface area (Å²) < 4.78 is 15.8. The molecule has 0 N–H and O–H groups in total. The fourth-order valence-electron chi connectivity index (χ4n) is 2.32. The molecule has 0 saturated heterocycles. The summed E-state index contributed by atoms with van der Waals surface area (Å²) in [5, 5.41) is 0. The van der Waals surface area contributed by atoms with Crippen LogP contribution in [0.25, 0.3) is 0 Å². The molecule has 0 aliphatic heterocycles. The van der Waals surface area contributed by atoms with Crippen LogP contribution in [0.4, 0.5) is 0 Å². The van der Waals surface area contributed by atoms with Gasteiger partial charge in [0.25, 0.3) is 0 Å². The van der Waals surface area contributed by atoms with Gasteiger partial charge in [0.2, 0.25) is 0 Å². The second-order valence-corrected chi connectivity index (χ2v) is 7.56. The molecule has 0 fully saturated rings. The van der Waals surface area contributed by atoms with Crippen LogP contribution in [0.5, 0.6) is 0 Å². The zero-order valence-electron chi connectivity index (χ0n) is 14.1. The van der Waals surface area contributed by atoms with Gasteiger partial charge in [-0.15, -0.1) is 0 Å². The molecule has 0 radical (unpaired) electrons. The van der Waals surface area contributed by atoms with Crippen LogP contribution in [0.3, 0.4) is 0 Å². The van der Waals surface area contributed by atoms with Crippen molar-refractivity contribution in [3.05, 3.63) is 0 Å². The third kappa shape index (κ3) is 16.6. The molecule has 0 bridgehead atoms. The monoisotopic (exact) mass is 336 g/mol. The highest BCUT2D eigenvalue weighted by molar-refractivity contribution is 7.80. The van der Waals surface area contributed by atoms with Gasteiger partial charge < -0.3 is 13.9 Å². The average molecular weight is 337 g/mol. The van der Waals surface area contributed by atoms with Crippen LogP contribution in [0.1, 0.15) is 64.2 Å². The predicted molar refractivity (Wildman–Crippen MR) is 97.1 cm³/mol. The highest BCUT2D eigenvalue weighted by atomic mass is 32.1. The van der Waals surface area contributed by atoms with E-state index < -0.39 is 0 Å². The van der Waals surface area contributed by atoms with Crippen LogP contribution < -0.4 is 0 Å². The van der Waals surface area contributed by atoms with Crippen molar-refractivity contribution in [2.24, 2.45) is 0 Å². The molecule has 0 spiro atoms. The number of hydrogen-bond donors (Lipinski definition) is 1. The van der Waals surface area contributed by atoms with Gasteiger partial charge in [-0.3, -0.25) is 0 Å². The second-order valence-electron chi connectivity index (χ2n) is 5.59. The Morgan fingerprint density at radius 1 is 0.762 bits per heavy atom. The average Bonchev–Trinajstić information content (AvgIpc) is 2.51. The lowest BCUT2D eigenvalue weighted by Crippen LogP contribution is -2.21. The summed E-state index contributed by atoms with van der Waals surface area (Å²) in [6.07, 6.45) is 13.6. The first-order valence-electron chi connectivity index (χ1n) is 8.59. The van der Waals surface area contributed by atoms with Crippen molar-refractivity contribution in [1.82, 2.24) is 0 Å². The molecule has 21 heavy (non-hydrogen) atoms. The maximum absolute atomic E-state index is 5.65. The fraction of sp³-hybridized carbons (Fsp3) is 1.00. The van der Waals surface area contributed by atoms with Gasteiger partial charge in [-0.25, -0.2) is 0 Å². The minimum absolute atomic E-state index is 0.190. The van der Waals surface area contributed by atoms with E-state index in [9.17, 15) is 0 Å². The van der Waals surface area contributed by atoms with Crippen molar-refractivity contribution in [3.8, 4) is 0 Å². The number of methoxy groups -OCH3 is 2. The van der Waals surface area contributed by atoms with Crippen molar-refractivity contribution >= 4 is 22.4 Å². The van der Waals surface area contributed by atoms with E-state index in [2.05, 4.69) is 12.6 Å². The molecule has 0 aromatic rings. The zero-order valence-corrected chi connectivity index (χ0v) is 16.5. The number of thiol groups is 1. The number of hydrogen-bond acceptors (Lipinski definition) is 4. The van der Waals surface area contributed by atoms with E-state index in [1.54, 1.807) is 14.2 Å². The minimum atomic E-state index is -0.372. The van der Waals surface area contributed by atoms with Gasteiger partial charge >= 0.3 is 0 Å². The lowest BCUT2D eigenvalue weighted by Gasteiger charge is -2.13. The van der Waals surface area contributed by atoms with Gasteiger partial charge in [0.15, 0.2) is 16.1 Å². The normalized spacial score (nSPS) is 12.0. The van der Waals surface area contributed by atoms with E-state index in [4.69, 9.17) is 13.9 Å². The van der Waals surface area contributed by atoms with Crippen LogP contribution in [-0.4, -0.2) is 42.6 Å². The SMILES string of the molecule is COC(CO[SiH2]CCCCCCCCCCCCS)OC. The van der Waals surface area contributed by atoms with Crippen LogP contribution in [0, 0.1) is 0 Å². The Kier molecular flexibility index (Phi) is 18.9. The molecule has 0 rings (SSSR count). The Morgan fingerprint density at radius 3 is 1.71 bits per heavy atom. The van der Waals surface area contributed by atoms with Crippen molar-refractivity contribution in [3.63, 3.8) is 0 Å². The summed E-state index contributed by atoms with van der Waals surface area (Å²) in [6.45, 7) is 0.590. The topological polar surface area (TPSA) is 27.7 Å². The highest BCUT2D eigenvalue weighted by Crippen LogP contribution is 2.11. The van der Waals surface area contributed by atoms with Gasteiger partial charge in [0.05, 0.1) is 6.61 Å². The zero-order chi connectivity index (χ0) is 15.6. The molecule has 0 aromatic carbocycles. The molecule has 128 valence electrons. The molecular formula is C16H36O3SSi. The molecule has 5 heteroatoms. The Hall–Kier alpha value is 0.447. The molecule has 0 amide bonds. The van der Waals surface area contributed by atoms with Gasteiger partial charge in [-0.05, 0) is 18.2 Å². The molecule has 0 heterocycles. The highest BCUT2D eigenvalue weighted by Gasteiger charge is 2.03. The molecule has 0 aliphatic rings. The number of ether oxygens (including phenoxy) is 2. The molecule has 0 unspecified atom stereocenters. The van der Waals surface area contributed by atoms with Gasteiger partial charge in [-0.2, -0.15) is 12.6 Å². The summed E-state index contributed by atoms with van der Waals surface area (Å²) >= 11 is 4.23. The smallest absolute Gasteiger partial charge is 0.178 e. The van der Waals surface area contributed by atoms with E-state index in [0.29, 0.717) is 6.61 Å². The quantitative estimate of drug-likeness (QED) is 0.189. The summed E-state index contributed by atoms with van der Waals surface area (Å²) in [6, 6.07) is 1.28. The van der Waals surface area contributed by atoms with E-state index in [0.717, 1.165) is 5.75 Å². The van der Waals surface area contributed by atoms with Gasteiger partial charge in [0, 0.05) is 14.2 Å². The standard InChI is InChI=1S/C16H36O3SSi/c1-17-16(18-2)15-19-21-14-12-10-8-6-4-3-5-7-9-11-13-20/h16,20H,3-15,21H2,1-2H3. The number of unbranched alkanes of at least 4 members (excludes halogenated alkanes) is 9. The van der Waals surface area contributed by atoms with E-state index in [1.807, 2.05) is 0 Å². The molecule has 0 saturated carbocycles. The Labute approximate surface area is 139 Å². The summed E-state index contributed by atoms with van der Waals surface area (Å²) in [5.41, 5.74) is 0. The van der Waals surface area contributed by atoms with Gasteiger partial charge in [0.1, 0.15) is 0 Å². The Morgan fingerprint density at radius 2 is 1.24 bits per heavy atom. The fourth-order valence-corrected chi connectivity index (χ4v) is 3.66. The molecule has 0 atom stereocenters. The first-order valence-corrected chi connectivity index (χ1v) is 10.8. The van der Waals surface area contributed by atoms with Gasteiger partial charge in [-0.1, -0.05) is 57.8 Å². The summed E-state index contributed by atoms with van der Waals surface area (Å²) in [7, 11) is 2.93. The van der Waals surface area contributed by atoms with Crippen LogP contribution in [-0.2, 0) is 13.9 Å². The molecule has 0 aliphatic carbocycles. The van der Waals surface area contributed by atoms with Crippen molar-refractivity contribution in [1.29, 1.82) is 0 Å². The molecular weight excluding hydrogens is 300 g/mol. The maximum Gasteiger partial charge on any atom is 0.178 e. The maximum atomic E-state index is 5.65. The third-order valence-corrected chi connectivity index (χ3v) is 5.36. The first kappa shape index (κ1) is 21.4. The summed E-state index contributed by atoms with van der Waals surface area (Å²) in [4.78, 5) is 0. The van der Waals surface area contributed by atoms with Crippen molar-refractivity contribution in [2.75, 3.05) is 26.6 Å². The number of rotatable bonds is 17. The first-order chi connectivity index (χ1) is 10.3. The lowest BCUT2D eigenvalue weighted by atomic mass is 10.1. The third-order valence-electron chi connectivity index (χ3n) is 3.73. The molecule has 3 nitrogen and oxygen atoms in total. The van der Waals surface area contributed by atoms with Crippen molar-refractivity contribution in [2.45, 2.75) is 76.5 Å². The lowest BCUT2D eigenvalue weighted by molar-refractivity contribution is -0.121. The van der Waals surface area contributed by atoms with Crippen LogP contribution >= 0.6 is 12.6 Å². The minimum Gasteiger partial charge on any atom is -0.419 e. The Balaban J connectivity index is 3.02. The largest absolute Gasteiger partial charge is 0.419 e. The van der Waals surface area contributed by atoms with E-state index in [1.165, 1.54) is 70.3 Å². The van der Waals surface area contributed by atoms with Crippen LogP contribution in [0.2, 0.25) is 6.04 Å². The summed E-state index contributed by atoms with van der Waals surface area (Å²) in [5.74, 6) is 1.05. The predicted octanol–water partition coefficient (Wildman–Crippen LogP) is 3.95. The van der Waals surface area contributed by atoms with Crippen molar-refractivity contribution < 1.29 is 13.9 Å². The van der Waals surface area contributed by atoms with E-state index in [-0.39, 0.29) is 16.1 Å². The van der Waals surface area contributed by atoms with Crippen LogP contribution in [0.15, 0.2) is 0 Å². The Bertz CT molecular complexity index is 192.